The first-order valence-corrected chi connectivity index (χ1v) is 14.1. The first kappa shape index (κ1) is 23.7. The van der Waals surface area contributed by atoms with Gasteiger partial charge in [-0.05, 0) is 125 Å². The molecular formula is C31H38N2O3. The molecule has 0 aromatic heterocycles. The third-order valence-corrected chi connectivity index (χ3v) is 8.68. The molecule has 0 atom stereocenters. The van der Waals surface area contributed by atoms with Gasteiger partial charge >= 0.3 is 0 Å². The number of unbranched alkanes of at least 4 members (excludes halogenated alkanes) is 1. The Morgan fingerprint density at radius 1 is 0.806 bits per heavy atom. The van der Waals surface area contributed by atoms with Crippen LogP contribution >= 0.6 is 0 Å². The zero-order valence-electron chi connectivity index (χ0n) is 21.3. The van der Waals surface area contributed by atoms with E-state index in [0.29, 0.717) is 23.6 Å². The number of fused-ring (bicyclic) bond motifs is 2. The van der Waals surface area contributed by atoms with Crippen molar-refractivity contribution in [2.75, 3.05) is 32.8 Å². The Hall–Kier alpha value is -2.66. The lowest BCUT2D eigenvalue weighted by Crippen LogP contribution is -2.35. The van der Waals surface area contributed by atoms with Crippen molar-refractivity contribution in [2.24, 2.45) is 5.92 Å². The van der Waals surface area contributed by atoms with E-state index >= 15 is 0 Å². The summed E-state index contributed by atoms with van der Waals surface area (Å²) in [5.41, 5.74) is 5.59. The van der Waals surface area contributed by atoms with Crippen molar-refractivity contribution in [3.05, 3.63) is 64.2 Å². The van der Waals surface area contributed by atoms with E-state index in [4.69, 9.17) is 4.74 Å². The van der Waals surface area contributed by atoms with Gasteiger partial charge in [-0.1, -0.05) is 24.3 Å². The molecule has 1 saturated carbocycles. The summed E-state index contributed by atoms with van der Waals surface area (Å²) in [6, 6.07) is 11.9. The molecule has 2 aromatic rings. The molecule has 4 aliphatic rings. The molecule has 0 N–H and O–H groups in total. The van der Waals surface area contributed by atoms with Gasteiger partial charge in [0.05, 0.1) is 17.7 Å². The van der Waals surface area contributed by atoms with Crippen LogP contribution in [0, 0.1) is 5.92 Å². The number of likely N-dealkylation sites (tertiary alicyclic amines) is 1. The third-order valence-electron chi connectivity index (χ3n) is 8.68. The monoisotopic (exact) mass is 486 g/mol. The smallest absolute Gasteiger partial charge is 0.261 e. The van der Waals surface area contributed by atoms with Crippen LogP contribution < -0.4 is 4.74 Å². The number of carbonyl (C=O) groups excluding carboxylic acids is 2. The molecule has 0 bridgehead atoms. The quantitative estimate of drug-likeness (QED) is 0.341. The number of hydrogen-bond donors (Lipinski definition) is 0. The zero-order chi connectivity index (χ0) is 24.5. The number of imide groups is 1. The van der Waals surface area contributed by atoms with Gasteiger partial charge in [-0.25, -0.2) is 0 Å². The maximum Gasteiger partial charge on any atom is 0.261 e. The molecule has 2 heterocycles. The minimum atomic E-state index is -0.138. The number of piperidine rings is 1. The molecule has 190 valence electrons. The molecule has 5 heteroatoms. The van der Waals surface area contributed by atoms with Gasteiger partial charge in [0.25, 0.3) is 11.8 Å². The van der Waals surface area contributed by atoms with Crippen LogP contribution in [0.25, 0.3) is 0 Å². The summed E-state index contributed by atoms with van der Waals surface area (Å²) in [7, 11) is 0. The molecule has 2 aliphatic heterocycles. The van der Waals surface area contributed by atoms with E-state index in [9.17, 15) is 9.59 Å². The van der Waals surface area contributed by atoms with E-state index in [1.54, 1.807) is 12.1 Å². The van der Waals surface area contributed by atoms with Gasteiger partial charge in [0.15, 0.2) is 0 Å². The molecule has 2 fully saturated rings. The lowest BCUT2D eigenvalue weighted by Gasteiger charge is -2.34. The SMILES string of the molecule is O=C1c2ccccc2C(=O)N1CCCCN1CCC(c2ccc3c(c2OCC2CC2)CCCC3)CC1. The molecule has 0 radical (unpaired) electrons. The Bertz CT molecular complexity index is 1100. The van der Waals surface area contributed by atoms with E-state index in [1.165, 1.54) is 78.7 Å². The molecule has 6 rings (SSSR count). The van der Waals surface area contributed by atoms with Crippen molar-refractivity contribution in [1.82, 2.24) is 9.80 Å². The summed E-state index contributed by atoms with van der Waals surface area (Å²) in [6.07, 6.45) is 11.8. The summed E-state index contributed by atoms with van der Waals surface area (Å²) >= 11 is 0. The Kier molecular flexibility index (Phi) is 6.83. The Balaban J connectivity index is 1.00. The van der Waals surface area contributed by atoms with Gasteiger partial charge in [0.1, 0.15) is 5.75 Å². The first-order valence-electron chi connectivity index (χ1n) is 14.1. The predicted octanol–water partition coefficient (Wildman–Crippen LogP) is 5.61. The van der Waals surface area contributed by atoms with Gasteiger partial charge in [-0.2, -0.15) is 0 Å². The second kappa shape index (κ2) is 10.4. The van der Waals surface area contributed by atoms with Crippen LogP contribution in [0.4, 0.5) is 0 Å². The topological polar surface area (TPSA) is 49.9 Å². The van der Waals surface area contributed by atoms with Gasteiger partial charge in [0.2, 0.25) is 0 Å². The highest BCUT2D eigenvalue weighted by molar-refractivity contribution is 6.21. The molecule has 2 amide bonds. The standard InChI is InChI=1S/C31H38N2O3/c34-30-27-9-3-4-10-28(27)31(35)33(30)18-6-5-17-32-19-15-24(16-20-32)26-14-13-23-7-1-2-8-25(23)29(26)36-21-22-11-12-22/h3-4,9-10,13-14,22,24H,1-2,5-8,11-12,15-21H2. The molecule has 2 aliphatic carbocycles. The molecule has 0 spiro atoms. The summed E-state index contributed by atoms with van der Waals surface area (Å²) in [5.74, 6) is 2.33. The van der Waals surface area contributed by atoms with Crippen molar-refractivity contribution in [3.8, 4) is 5.75 Å². The van der Waals surface area contributed by atoms with Gasteiger partial charge in [-0.3, -0.25) is 14.5 Å². The Labute approximate surface area is 214 Å². The van der Waals surface area contributed by atoms with Crippen LogP contribution in [0.2, 0.25) is 0 Å². The van der Waals surface area contributed by atoms with Crippen molar-refractivity contribution in [3.63, 3.8) is 0 Å². The van der Waals surface area contributed by atoms with Gasteiger partial charge < -0.3 is 9.64 Å². The van der Waals surface area contributed by atoms with E-state index in [1.807, 2.05) is 12.1 Å². The number of benzene rings is 2. The van der Waals surface area contributed by atoms with Crippen molar-refractivity contribution < 1.29 is 14.3 Å². The summed E-state index contributed by atoms with van der Waals surface area (Å²) in [4.78, 5) is 29.1. The number of nitrogens with zero attached hydrogens (tertiary/aromatic N) is 2. The van der Waals surface area contributed by atoms with Crippen molar-refractivity contribution in [1.29, 1.82) is 0 Å². The highest BCUT2D eigenvalue weighted by Crippen LogP contribution is 2.41. The summed E-state index contributed by atoms with van der Waals surface area (Å²) in [5, 5.41) is 0. The van der Waals surface area contributed by atoms with Crippen LogP contribution in [0.5, 0.6) is 5.75 Å². The highest BCUT2D eigenvalue weighted by atomic mass is 16.5. The lowest BCUT2D eigenvalue weighted by atomic mass is 9.83. The minimum Gasteiger partial charge on any atom is -0.493 e. The number of hydrogen-bond acceptors (Lipinski definition) is 4. The maximum atomic E-state index is 12.6. The van der Waals surface area contributed by atoms with E-state index in [2.05, 4.69) is 17.0 Å². The Morgan fingerprint density at radius 3 is 2.22 bits per heavy atom. The lowest BCUT2D eigenvalue weighted by molar-refractivity contribution is 0.0649. The number of aryl methyl sites for hydroxylation is 1. The molecule has 0 unspecified atom stereocenters. The second-order valence-electron chi connectivity index (χ2n) is 11.2. The molecule has 2 aromatic carbocycles. The molecule has 36 heavy (non-hydrogen) atoms. The number of carbonyl (C=O) groups is 2. The second-order valence-corrected chi connectivity index (χ2v) is 11.2. The van der Waals surface area contributed by atoms with Crippen LogP contribution in [0.15, 0.2) is 36.4 Å². The van der Waals surface area contributed by atoms with Crippen LogP contribution in [-0.2, 0) is 12.8 Å². The van der Waals surface area contributed by atoms with Crippen LogP contribution in [-0.4, -0.2) is 54.4 Å². The summed E-state index contributed by atoms with van der Waals surface area (Å²) < 4.78 is 6.54. The highest BCUT2D eigenvalue weighted by Gasteiger charge is 2.34. The van der Waals surface area contributed by atoms with Gasteiger partial charge in [-0.15, -0.1) is 0 Å². The van der Waals surface area contributed by atoms with Crippen molar-refractivity contribution >= 4 is 11.8 Å². The fourth-order valence-electron chi connectivity index (χ4n) is 6.30. The minimum absolute atomic E-state index is 0.138. The number of amides is 2. The predicted molar refractivity (Wildman–Crippen MR) is 141 cm³/mol. The number of ether oxygens (including phenoxy) is 1. The number of rotatable bonds is 9. The maximum absolute atomic E-state index is 12.6. The van der Waals surface area contributed by atoms with E-state index in [0.717, 1.165) is 45.0 Å². The Morgan fingerprint density at radius 2 is 1.50 bits per heavy atom. The average Bonchev–Trinajstić information content (AvgIpc) is 3.72. The third kappa shape index (κ3) is 4.82. The van der Waals surface area contributed by atoms with Crippen LogP contribution in [0.1, 0.15) is 94.7 Å². The molecular weight excluding hydrogens is 448 g/mol. The zero-order valence-corrected chi connectivity index (χ0v) is 21.3. The average molecular weight is 487 g/mol. The fraction of sp³-hybridized carbons (Fsp3) is 0.548. The fourth-order valence-corrected chi connectivity index (χ4v) is 6.30. The largest absolute Gasteiger partial charge is 0.493 e. The van der Waals surface area contributed by atoms with Crippen LogP contribution in [0.3, 0.4) is 0 Å². The summed E-state index contributed by atoms with van der Waals surface area (Å²) in [6.45, 7) is 4.66. The molecule has 1 saturated heterocycles. The van der Waals surface area contributed by atoms with Crippen molar-refractivity contribution in [2.45, 2.75) is 70.1 Å². The van der Waals surface area contributed by atoms with E-state index in [-0.39, 0.29) is 11.8 Å². The van der Waals surface area contributed by atoms with Gasteiger partial charge in [0, 0.05) is 6.54 Å². The normalized spacial score (nSPS) is 20.5. The molecule has 5 nitrogen and oxygen atoms in total. The van der Waals surface area contributed by atoms with E-state index < -0.39 is 0 Å². The first-order chi connectivity index (χ1) is 17.7.